The lowest BCUT2D eigenvalue weighted by molar-refractivity contribution is -0.162. The predicted molar refractivity (Wildman–Crippen MR) is 124 cm³/mol. The molecule has 30 heavy (non-hydrogen) atoms. The summed E-state index contributed by atoms with van der Waals surface area (Å²) in [5.74, 6) is 0.392. The van der Waals surface area contributed by atoms with Gasteiger partial charge in [0.05, 0.1) is 18.4 Å². The van der Waals surface area contributed by atoms with Crippen LogP contribution in [-0.4, -0.2) is 39.3 Å². The van der Waals surface area contributed by atoms with Crippen LogP contribution in [0.2, 0.25) is 0 Å². The number of aliphatic hydroxyl groups excluding tert-OH is 1. The maximum absolute atomic E-state index is 12.6. The molecule has 1 aliphatic heterocycles. The summed E-state index contributed by atoms with van der Waals surface area (Å²) in [6, 6.07) is 0. The van der Waals surface area contributed by atoms with Gasteiger partial charge in [-0.25, -0.2) is 0 Å². The van der Waals surface area contributed by atoms with E-state index < -0.39 is 6.10 Å². The molecule has 0 bridgehead atoms. The Kier molecular flexibility index (Phi) is 8.41. The highest BCUT2D eigenvalue weighted by atomic mass is 127. The summed E-state index contributed by atoms with van der Waals surface area (Å²) in [7, 11) is 0. The van der Waals surface area contributed by atoms with E-state index in [0.29, 0.717) is 22.2 Å². The first-order valence-corrected chi connectivity index (χ1v) is 12.6. The van der Waals surface area contributed by atoms with Gasteiger partial charge in [0.1, 0.15) is 12.2 Å². The zero-order valence-electron chi connectivity index (χ0n) is 18.3. The van der Waals surface area contributed by atoms with E-state index in [0.717, 1.165) is 32.1 Å². The van der Waals surface area contributed by atoms with Gasteiger partial charge in [0.15, 0.2) is 0 Å². The van der Waals surface area contributed by atoms with Gasteiger partial charge in [-0.3, -0.25) is 9.59 Å². The molecule has 1 heterocycles. The van der Waals surface area contributed by atoms with Crippen molar-refractivity contribution in [2.24, 2.45) is 23.7 Å². The van der Waals surface area contributed by atoms with Crippen LogP contribution in [0, 0.1) is 23.7 Å². The summed E-state index contributed by atoms with van der Waals surface area (Å²) < 4.78 is 12.0. The highest BCUT2D eigenvalue weighted by Crippen LogP contribution is 2.46. The second-order valence-electron chi connectivity index (χ2n) is 9.15. The number of aliphatic hydroxyl groups is 1. The number of esters is 2. The van der Waals surface area contributed by atoms with Gasteiger partial charge in [0, 0.05) is 16.3 Å². The minimum atomic E-state index is -0.601. The van der Waals surface area contributed by atoms with Crippen molar-refractivity contribution in [3.8, 4) is 0 Å². The number of ether oxygens (including phenoxy) is 2. The van der Waals surface area contributed by atoms with E-state index in [-0.39, 0.29) is 42.4 Å². The molecular formula is C24H35IO5. The molecule has 0 aromatic rings. The van der Waals surface area contributed by atoms with Gasteiger partial charge in [-0.05, 0) is 49.5 Å². The van der Waals surface area contributed by atoms with E-state index in [2.05, 4.69) is 47.7 Å². The van der Waals surface area contributed by atoms with E-state index in [1.807, 2.05) is 13.8 Å². The quantitative estimate of drug-likeness (QED) is 0.292. The molecule has 1 saturated heterocycles. The van der Waals surface area contributed by atoms with Gasteiger partial charge in [-0.2, -0.15) is 0 Å². The Balaban J connectivity index is 1.78. The lowest BCUT2D eigenvalue weighted by Gasteiger charge is -2.44. The average molecular weight is 530 g/mol. The van der Waals surface area contributed by atoms with E-state index >= 15 is 0 Å². The van der Waals surface area contributed by atoms with Gasteiger partial charge in [0.25, 0.3) is 0 Å². The number of fused-ring (bicyclic) bond motifs is 1. The third-order valence-corrected chi connectivity index (χ3v) is 7.78. The number of halogens is 1. The van der Waals surface area contributed by atoms with Crippen LogP contribution < -0.4 is 0 Å². The van der Waals surface area contributed by atoms with Gasteiger partial charge in [-0.15, -0.1) is 0 Å². The molecule has 3 rings (SSSR count). The number of alkyl halides is 1. The first-order valence-electron chi connectivity index (χ1n) is 11.4. The van der Waals surface area contributed by atoms with Gasteiger partial charge in [0.2, 0.25) is 0 Å². The van der Waals surface area contributed by atoms with Crippen LogP contribution in [0.5, 0.6) is 0 Å². The Morgan fingerprint density at radius 2 is 2.13 bits per heavy atom. The topological polar surface area (TPSA) is 72.8 Å². The molecule has 168 valence electrons. The lowest BCUT2D eigenvalue weighted by Crippen LogP contribution is -2.42. The van der Waals surface area contributed by atoms with Gasteiger partial charge >= 0.3 is 11.9 Å². The van der Waals surface area contributed by atoms with Crippen molar-refractivity contribution in [2.75, 3.05) is 0 Å². The molecule has 0 saturated carbocycles. The Morgan fingerprint density at radius 1 is 1.37 bits per heavy atom. The van der Waals surface area contributed by atoms with Gasteiger partial charge < -0.3 is 14.6 Å². The molecule has 0 amide bonds. The van der Waals surface area contributed by atoms with Crippen LogP contribution in [0.3, 0.4) is 0 Å². The minimum absolute atomic E-state index is 0.0839. The summed E-state index contributed by atoms with van der Waals surface area (Å²) >= 11 is 2.49. The fourth-order valence-corrected chi connectivity index (χ4v) is 5.87. The van der Waals surface area contributed by atoms with Crippen LogP contribution in [0.15, 0.2) is 23.8 Å². The molecule has 1 fully saturated rings. The molecule has 0 spiro atoms. The molecule has 0 radical (unpaired) electrons. The zero-order valence-corrected chi connectivity index (χ0v) is 20.4. The van der Waals surface area contributed by atoms with Gasteiger partial charge in [-0.1, -0.05) is 61.6 Å². The molecule has 8 atom stereocenters. The summed E-state index contributed by atoms with van der Waals surface area (Å²) in [5.41, 5.74) is 1.28. The van der Waals surface area contributed by atoms with Crippen molar-refractivity contribution in [1.82, 2.24) is 0 Å². The van der Waals surface area contributed by atoms with E-state index in [9.17, 15) is 14.7 Å². The van der Waals surface area contributed by atoms with E-state index in [1.54, 1.807) is 0 Å². The largest absolute Gasteiger partial charge is 0.462 e. The van der Waals surface area contributed by atoms with Crippen molar-refractivity contribution in [3.63, 3.8) is 0 Å². The standard InChI is InChI=1S/C24H35IO5/c1-4-14(2)24(28)30-21-7-5-6-16-8-10-19(15(3)25)20(23(16)21)11-9-18-12-17(26)13-22(27)29-18/h6,8,10,14-15,17-21,23,26H,4-5,7,9,11-13H2,1-3H3/t14-,15?,17+,18+,19+,20?,21-,23?/m0/s1. The fraction of sp³-hybridized carbons (Fsp3) is 0.750. The third-order valence-electron chi connectivity index (χ3n) is 6.95. The second kappa shape index (κ2) is 10.6. The van der Waals surface area contributed by atoms with Crippen LogP contribution in [0.25, 0.3) is 0 Å². The van der Waals surface area contributed by atoms with Crippen molar-refractivity contribution >= 4 is 34.5 Å². The van der Waals surface area contributed by atoms with Crippen LogP contribution in [0.1, 0.15) is 65.7 Å². The summed E-state index contributed by atoms with van der Waals surface area (Å²) in [6.45, 7) is 6.17. The summed E-state index contributed by atoms with van der Waals surface area (Å²) in [4.78, 5) is 24.3. The molecule has 0 aromatic carbocycles. The number of rotatable bonds is 7. The summed E-state index contributed by atoms with van der Waals surface area (Å²) in [5, 5.41) is 9.95. The fourth-order valence-electron chi connectivity index (χ4n) is 5.10. The predicted octanol–water partition coefficient (Wildman–Crippen LogP) is 4.75. The molecule has 6 heteroatoms. The Labute approximate surface area is 193 Å². The first-order chi connectivity index (χ1) is 14.3. The van der Waals surface area contributed by atoms with E-state index in [4.69, 9.17) is 9.47 Å². The molecule has 3 aliphatic rings. The number of cyclic esters (lactones) is 1. The third kappa shape index (κ3) is 5.67. The number of hydrogen-bond acceptors (Lipinski definition) is 5. The Hall–Kier alpha value is -0.890. The molecule has 1 N–H and O–H groups in total. The maximum atomic E-state index is 12.6. The number of allylic oxidation sites excluding steroid dienone is 3. The normalized spacial score (nSPS) is 35.6. The van der Waals surface area contributed by atoms with Crippen LogP contribution >= 0.6 is 22.6 Å². The number of carbonyl (C=O) groups is 2. The Bertz CT molecular complexity index is 685. The van der Waals surface area contributed by atoms with Crippen molar-refractivity contribution in [2.45, 2.75) is 88.0 Å². The first kappa shape index (κ1) is 23.8. The second-order valence-corrected chi connectivity index (χ2v) is 11.1. The number of hydrogen-bond donors (Lipinski definition) is 1. The Morgan fingerprint density at radius 3 is 2.80 bits per heavy atom. The molecule has 3 unspecified atom stereocenters. The zero-order chi connectivity index (χ0) is 21.8. The smallest absolute Gasteiger partial charge is 0.308 e. The van der Waals surface area contributed by atoms with Crippen LogP contribution in [-0.2, 0) is 19.1 Å². The molecule has 2 aliphatic carbocycles. The van der Waals surface area contributed by atoms with E-state index in [1.165, 1.54) is 5.57 Å². The van der Waals surface area contributed by atoms with Crippen molar-refractivity contribution in [3.05, 3.63) is 23.8 Å². The average Bonchev–Trinajstić information content (AvgIpc) is 2.70. The molecule has 5 nitrogen and oxygen atoms in total. The SMILES string of the molecule is CC[C@H](C)C(=O)O[C@H]1CCC=C2C=C[C@H](C(C)I)C(CC[C@@H]3C[C@@H](O)CC(=O)O3)C21. The summed E-state index contributed by atoms with van der Waals surface area (Å²) in [6.07, 6.45) is 10.7. The highest BCUT2D eigenvalue weighted by molar-refractivity contribution is 14.1. The molecule has 0 aromatic heterocycles. The number of carbonyl (C=O) groups excluding carboxylic acids is 2. The highest BCUT2D eigenvalue weighted by Gasteiger charge is 2.43. The van der Waals surface area contributed by atoms with Crippen molar-refractivity contribution < 1.29 is 24.2 Å². The van der Waals surface area contributed by atoms with Crippen LogP contribution in [0.4, 0.5) is 0 Å². The lowest BCUT2D eigenvalue weighted by atomic mass is 9.65. The monoisotopic (exact) mass is 530 g/mol. The maximum Gasteiger partial charge on any atom is 0.308 e. The van der Waals surface area contributed by atoms with Crippen molar-refractivity contribution in [1.29, 1.82) is 0 Å². The molecular weight excluding hydrogens is 495 g/mol. The minimum Gasteiger partial charge on any atom is -0.462 e.